The van der Waals surface area contributed by atoms with Crippen molar-refractivity contribution in [1.29, 1.82) is 0 Å². The molecule has 172 valence electrons. The number of hydrogen-bond acceptors (Lipinski definition) is 6. The first kappa shape index (κ1) is 22.4. The minimum absolute atomic E-state index is 0.235. The molecule has 0 saturated carbocycles. The van der Waals surface area contributed by atoms with Gasteiger partial charge in [0.2, 0.25) is 5.91 Å². The molecule has 34 heavy (non-hydrogen) atoms. The van der Waals surface area contributed by atoms with E-state index in [-0.39, 0.29) is 5.02 Å². The van der Waals surface area contributed by atoms with Crippen molar-refractivity contribution in [3.05, 3.63) is 94.0 Å². The first-order valence-electron chi connectivity index (χ1n) is 10.4. The monoisotopic (exact) mass is 496 g/mol. The molecule has 5 rings (SSSR count). The predicted octanol–water partition coefficient (Wildman–Crippen LogP) is 4.83. The molecule has 0 bridgehead atoms. The number of para-hydroxylation sites is 1. The number of amides is 2. The fraction of sp³-hybridized carbons (Fsp3) is 0.160. The summed E-state index contributed by atoms with van der Waals surface area (Å²) in [4.78, 5) is 46.0. The quantitative estimate of drug-likeness (QED) is 0.380. The Hall–Kier alpha value is -3.39. The second kappa shape index (κ2) is 8.76. The Bertz CT molecular complexity index is 1280. The van der Waals surface area contributed by atoms with Crippen LogP contribution < -0.4 is 9.96 Å². The van der Waals surface area contributed by atoms with Gasteiger partial charge in [0.1, 0.15) is 5.92 Å². The van der Waals surface area contributed by atoms with Gasteiger partial charge in [-0.15, -0.1) is 0 Å². The Morgan fingerprint density at radius 2 is 1.59 bits per heavy atom. The van der Waals surface area contributed by atoms with Crippen LogP contribution in [0.3, 0.4) is 0 Å². The molecule has 3 atom stereocenters. The summed E-state index contributed by atoms with van der Waals surface area (Å²) in [5.41, 5.74) is 2.11. The van der Waals surface area contributed by atoms with Crippen molar-refractivity contribution in [2.75, 3.05) is 17.1 Å². The van der Waals surface area contributed by atoms with Gasteiger partial charge in [0.25, 0.3) is 5.91 Å². The van der Waals surface area contributed by atoms with E-state index in [4.69, 9.17) is 32.8 Å². The highest BCUT2D eigenvalue weighted by Crippen LogP contribution is 2.47. The first-order chi connectivity index (χ1) is 16.4. The van der Waals surface area contributed by atoms with Gasteiger partial charge >= 0.3 is 5.97 Å². The second-order valence-corrected chi connectivity index (χ2v) is 8.70. The van der Waals surface area contributed by atoms with Crippen molar-refractivity contribution in [1.82, 2.24) is 0 Å². The SMILES string of the molecule is COC(=O)c1ccc(C2C3C(=O)N(c4ccc(Cl)c(Cl)c4)C(=O)C3ON2c2ccccc2)cc1. The van der Waals surface area contributed by atoms with Crippen LogP contribution in [0.15, 0.2) is 72.8 Å². The number of methoxy groups -OCH3 is 1. The minimum atomic E-state index is -1.02. The Morgan fingerprint density at radius 1 is 0.882 bits per heavy atom. The van der Waals surface area contributed by atoms with Crippen LogP contribution in [0.4, 0.5) is 11.4 Å². The van der Waals surface area contributed by atoms with Gasteiger partial charge in [-0.05, 0) is 48.0 Å². The highest BCUT2D eigenvalue weighted by molar-refractivity contribution is 6.42. The lowest BCUT2D eigenvalue weighted by molar-refractivity contribution is -0.126. The maximum Gasteiger partial charge on any atom is 0.337 e. The largest absolute Gasteiger partial charge is 0.465 e. The molecule has 9 heteroatoms. The Kier molecular flexibility index (Phi) is 5.77. The number of imide groups is 1. The number of esters is 1. The highest BCUT2D eigenvalue weighted by Gasteiger charge is 2.60. The molecule has 2 aliphatic heterocycles. The number of hydrogen-bond donors (Lipinski definition) is 0. The standard InChI is InChI=1S/C25H18Cl2N2O5/c1-33-25(32)15-9-7-14(8-10-15)21-20-22(34-29(21)16-5-3-2-4-6-16)24(31)28(23(20)30)17-11-12-18(26)19(27)13-17/h2-13,20-22H,1H3. The van der Waals surface area contributed by atoms with Gasteiger partial charge in [0.15, 0.2) is 6.10 Å². The molecule has 0 radical (unpaired) electrons. The number of benzene rings is 3. The Balaban J connectivity index is 1.56. The van der Waals surface area contributed by atoms with Crippen LogP contribution in [0.5, 0.6) is 0 Å². The fourth-order valence-electron chi connectivity index (χ4n) is 4.37. The number of nitrogens with zero attached hydrogens (tertiary/aromatic N) is 2. The van der Waals surface area contributed by atoms with E-state index in [2.05, 4.69) is 0 Å². The van der Waals surface area contributed by atoms with Gasteiger partial charge in [-0.1, -0.05) is 53.5 Å². The summed E-state index contributed by atoms with van der Waals surface area (Å²) in [6.07, 6.45) is -1.02. The number of fused-ring (bicyclic) bond motifs is 1. The molecule has 3 unspecified atom stereocenters. The van der Waals surface area contributed by atoms with Crippen LogP contribution in [0.1, 0.15) is 22.0 Å². The number of anilines is 2. The van der Waals surface area contributed by atoms with Crippen molar-refractivity contribution in [3.63, 3.8) is 0 Å². The average molecular weight is 497 g/mol. The molecule has 2 saturated heterocycles. The van der Waals surface area contributed by atoms with Crippen LogP contribution in [0.25, 0.3) is 0 Å². The van der Waals surface area contributed by atoms with Crippen LogP contribution >= 0.6 is 23.2 Å². The maximum absolute atomic E-state index is 13.6. The number of halogens is 2. The fourth-order valence-corrected chi connectivity index (χ4v) is 4.66. The number of rotatable bonds is 4. The number of hydroxylamine groups is 1. The van der Waals surface area contributed by atoms with Gasteiger partial charge in [0, 0.05) is 0 Å². The number of carbonyl (C=O) groups is 3. The van der Waals surface area contributed by atoms with Crippen LogP contribution in [0.2, 0.25) is 10.0 Å². The van der Waals surface area contributed by atoms with Gasteiger partial charge in [-0.25, -0.2) is 14.8 Å². The van der Waals surface area contributed by atoms with Crippen LogP contribution in [-0.2, 0) is 19.2 Å². The van der Waals surface area contributed by atoms with E-state index in [0.717, 1.165) is 4.90 Å². The lowest BCUT2D eigenvalue weighted by Gasteiger charge is -2.29. The van der Waals surface area contributed by atoms with E-state index in [1.165, 1.54) is 19.2 Å². The zero-order valence-corrected chi connectivity index (χ0v) is 19.4. The van der Waals surface area contributed by atoms with Crippen molar-refractivity contribution in [3.8, 4) is 0 Å². The molecular weight excluding hydrogens is 479 g/mol. The first-order valence-corrected chi connectivity index (χ1v) is 11.2. The van der Waals surface area contributed by atoms with E-state index >= 15 is 0 Å². The Morgan fingerprint density at radius 3 is 2.24 bits per heavy atom. The third-order valence-electron chi connectivity index (χ3n) is 5.96. The third-order valence-corrected chi connectivity index (χ3v) is 6.70. The molecule has 2 aliphatic rings. The van der Waals surface area contributed by atoms with E-state index in [9.17, 15) is 14.4 Å². The Labute approximate surface area is 205 Å². The smallest absolute Gasteiger partial charge is 0.337 e. The van der Waals surface area contributed by atoms with Gasteiger partial charge in [-0.3, -0.25) is 14.4 Å². The van der Waals surface area contributed by atoms with E-state index < -0.39 is 35.8 Å². The lowest BCUT2D eigenvalue weighted by atomic mass is 9.90. The average Bonchev–Trinajstić information content (AvgIpc) is 3.37. The molecular formula is C25H18Cl2N2O5. The van der Waals surface area contributed by atoms with Crippen LogP contribution in [0, 0.1) is 5.92 Å². The normalized spacial score (nSPS) is 21.7. The number of carbonyl (C=O) groups excluding carboxylic acids is 3. The molecule has 2 heterocycles. The molecule has 7 nitrogen and oxygen atoms in total. The molecule has 0 spiro atoms. The van der Waals surface area contributed by atoms with E-state index in [1.807, 2.05) is 30.3 Å². The predicted molar refractivity (Wildman–Crippen MR) is 127 cm³/mol. The maximum atomic E-state index is 13.6. The molecule has 2 amide bonds. The third kappa shape index (κ3) is 3.62. The molecule has 0 aliphatic carbocycles. The van der Waals surface area contributed by atoms with Gasteiger partial charge in [-0.2, -0.15) is 0 Å². The number of ether oxygens (including phenoxy) is 1. The minimum Gasteiger partial charge on any atom is -0.465 e. The summed E-state index contributed by atoms with van der Waals surface area (Å²) >= 11 is 12.1. The summed E-state index contributed by atoms with van der Waals surface area (Å²) in [6, 6.07) is 19.9. The zero-order chi connectivity index (χ0) is 24.0. The molecule has 2 fully saturated rings. The topological polar surface area (TPSA) is 76.2 Å². The molecule has 3 aromatic rings. The van der Waals surface area contributed by atoms with E-state index in [1.54, 1.807) is 35.4 Å². The van der Waals surface area contributed by atoms with Crippen molar-refractivity contribution < 1.29 is 24.0 Å². The van der Waals surface area contributed by atoms with Crippen molar-refractivity contribution in [2.45, 2.75) is 12.1 Å². The zero-order valence-electron chi connectivity index (χ0n) is 17.9. The van der Waals surface area contributed by atoms with Crippen molar-refractivity contribution >= 4 is 52.4 Å². The summed E-state index contributed by atoms with van der Waals surface area (Å²) < 4.78 is 4.77. The summed E-state index contributed by atoms with van der Waals surface area (Å²) in [5, 5.41) is 2.14. The lowest BCUT2D eigenvalue weighted by Crippen LogP contribution is -2.37. The van der Waals surface area contributed by atoms with Crippen molar-refractivity contribution in [2.24, 2.45) is 5.92 Å². The second-order valence-electron chi connectivity index (χ2n) is 7.88. The highest BCUT2D eigenvalue weighted by atomic mass is 35.5. The summed E-state index contributed by atoms with van der Waals surface area (Å²) in [5.74, 6) is -2.17. The van der Waals surface area contributed by atoms with Gasteiger partial charge in [0.05, 0.1) is 40.1 Å². The van der Waals surface area contributed by atoms with E-state index in [0.29, 0.717) is 27.5 Å². The summed E-state index contributed by atoms with van der Waals surface area (Å²) in [6.45, 7) is 0. The molecule has 0 aromatic heterocycles. The van der Waals surface area contributed by atoms with Crippen LogP contribution in [-0.4, -0.2) is 31.0 Å². The molecule has 3 aromatic carbocycles. The molecule has 0 N–H and O–H groups in total. The van der Waals surface area contributed by atoms with Gasteiger partial charge < -0.3 is 4.74 Å². The summed E-state index contributed by atoms with van der Waals surface area (Å²) in [7, 11) is 1.31.